The molecule has 0 aromatic heterocycles. The van der Waals surface area contributed by atoms with Gasteiger partial charge in [-0.15, -0.1) is 0 Å². The van der Waals surface area contributed by atoms with Crippen LogP contribution in [0.25, 0.3) is 0 Å². The fraction of sp³-hybridized carbons (Fsp3) is 0.412. The molecule has 1 aliphatic rings. The molecule has 1 aromatic carbocycles. The van der Waals surface area contributed by atoms with Gasteiger partial charge >= 0.3 is 5.97 Å². The summed E-state index contributed by atoms with van der Waals surface area (Å²) >= 11 is 0. The number of anilines is 1. The number of allylic oxidation sites excluding steroid dienone is 1. The Hall–Kier alpha value is -2.10. The molecule has 0 radical (unpaired) electrons. The zero-order valence-electron chi connectivity index (χ0n) is 13.0. The highest BCUT2D eigenvalue weighted by Crippen LogP contribution is 2.46. The van der Waals surface area contributed by atoms with Gasteiger partial charge in [0.15, 0.2) is 12.4 Å². The summed E-state index contributed by atoms with van der Waals surface area (Å²) in [4.78, 5) is 25.2. The summed E-state index contributed by atoms with van der Waals surface area (Å²) in [5.74, 6) is -0.552. The Morgan fingerprint density at radius 3 is 2.57 bits per heavy atom. The summed E-state index contributed by atoms with van der Waals surface area (Å²) in [6, 6.07) is 8.11. The van der Waals surface area contributed by atoms with Crippen LogP contribution in [-0.2, 0) is 19.7 Å². The van der Waals surface area contributed by atoms with Gasteiger partial charge in [0.1, 0.15) is 0 Å². The molecule has 0 N–H and O–H groups in total. The summed E-state index contributed by atoms with van der Waals surface area (Å²) in [7, 11) is 1.95. The highest BCUT2D eigenvalue weighted by molar-refractivity contribution is 5.94. The standard InChI is InChI=1S/C17H21NO3/c1-5-16(20)21-11-12(19)10-15-17(2,3)13-8-6-7-9-14(13)18(15)4/h6-10H,5,11H2,1-4H3/b15-10+. The third-order valence-electron chi connectivity index (χ3n) is 3.90. The van der Waals surface area contributed by atoms with E-state index in [9.17, 15) is 9.59 Å². The Bertz CT molecular complexity index is 602. The fourth-order valence-corrected chi connectivity index (χ4v) is 2.71. The maximum absolute atomic E-state index is 12.0. The molecule has 0 bridgehead atoms. The topological polar surface area (TPSA) is 46.6 Å². The lowest BCUT2D eigenvalue weighted by Gasteiger charge is -2.23. The summed E-state index contributed by atoms with van der Waals surface area (Å²) in [6.45, 7) is 5.69. The predicted molar refractivity (Wildman–Crippen MR) is 82.2 cm³/mol. The first-order valence-corrected chi connectivity index (χ1v) is 7.11. The zero-order chi connectivity index (χ0) is 15.6. The van der Waals surface area contributed by atoms with Gasteiger partial charge in [0, 0.05) is 36.3 Å². The van der Waals surface area contributed by atoms with Crippen LogP contribution >= 0.6 is 0 Å². The van der Waals surface area contributed by atoms with Gasteiger partial charge in [-0.3, -0.25) is 9.59 Å². The van der Waals surface area contributed by atoms with Gasteiger partial charge in [0.25, 0.3) is 0 Å². The van der Waals surface area contributed by atoms with Crippen molar-refractivity contribution in [2.24, 2.45) is 0 Å². The van der Waals surface area contributed by atoms with Crippen LogP contribution in [0.5, 0.6) is 0 Å². The molecule has 1 aliphatic heterocycles. The number of ketones is 1. The number of carbonyl (C=O) groups excluding carboxylic acids is 2. The molecule has 1 aromatic rings. The SMILES string of the molecule is CCC(=O)OCC(=O)/C=C1/N(C)c2ccccc2C1(C)C. The molecule has 0 fully saturated rings. The molecule has 2 rings (SSSR count). The lowest BCUT2D eigenvalue weighted by Crippen LogP contribution is -2.25. The van der Waals surface area contributed by atoms with Crippen molar-refractivity contribution in [3.8, 4) is 0 Å². The number of ether oxygens (including phenoxy) is 1. The van der Waals surface area contributed by atoms with E-state index in [0.29, 0.717) is 0 Å². The maximum atomic E-state index is 12.0. The predicted octanol–water partition coefficient (Wildman–Crippen LogP) is 2.82. The van der Waals surface area contributed by atoms with E-state index in [2.05, 4.69) is 19.9 Å². The first-order chi connectivity index (χ1) is 9.87. The van der Waals surface area contributed by atoms with Gasteiger partial charge in [0.2, 0.25) is 0 Å². The van der Waals surface area contributed by atoms with E-state index in [1.165, 1.54) is 5.56 Å². The number of nitrogens with zero attached hydrogens (tertiary/aromatic N) is 1. The largest absolute Gasteiger partial charge is 0.457 e. The minimum absolute atomic E-state index is 0.195. The second-order valence-electron chi connectivity index (χ2n) is 5.71. The molecule has 0 saturated heterocycles. The third kappa shape index (κ3) is 2.84. The van der Waals surface area contributed by atoms with Crippen LogP contribution in [0.15, 0.2) is 36.0 Å². The second-order valence-corrected chi connectivity index (χ2v) is 5.71. The van der Waals surface area contributed by atoms with E-state index in [0.717, 1.165) is 11.4 Å². The molecule has 21 heavy (non-hydrogen) atoms. The Balaban J connectivity index is 2.23. The zero-order valence-corrected chi connectivity index (χ0v) is 13.0. The molecule has 4 heteroatoms. The molecule has 0 unspecified atom stereocenters. The van der Waals surface area contributed by atoms with Crippen LogP contribution in [0.2, 0.25) is 0 Å². The smallest absolute Gasteiger partial charge is 0.305 e. The van der Waals surface area contributed by atoms with Crippen LogP contribution < -0.4 is 4.90 Å². The minimum atomic E-state index is -0.357. The fourth-order valence-electron chi connectivity index (χ4n) is 2.71. The Kier molecular flexibility index (Phi) is 4.16. The molecule has 0 spiro atoms. The van der Waals surface area contributed by atoms with Gasteiger partial charge in [-0.05, 0) is 11.6 Å². The van der Waals surface area contributed by atoms with E-state index >= 15 is 0 Å². The van der Waals surface area contributed by atoms with Crippen molar-refractivity contribution in [1.82, 2.24) is 0 Å². The Labute approximate surface area is 125 Å². The molecule has 0 aliphatic carbocycles. The number of fused-ring (bicyclic) bond motifs is 1. The van der Waals surface area contributed by atoms with Crippen LogP contribution in [0, 0.1) is 0 Å². The Morgan fingerprint density at radius 2 is 1.95 bits per heavy atom. The molecule has 112 valence electrons. The summed E-state index contributed by atoms with van der Waals surface area (Å²) in [5.41, 5.74) is 2.97. The Morgan fingerprint density at radius 1 is 1.29 bits per heavy atom. The monoisotopic (exact) mass is 287 g/mol. The molecule has 0 amide bonds. The first-order valence-electron chi connectivity index (χ1n) is 7.11. The van der Waals surface area contributed by atoms with Gasteiger partial charge in [-0.25, -0.2) is 0 Å². The van der Waals surface area contributed by atoms with E-state index in [1.54, 1.807) is 13.0 Å². The molecule has 4 nitrogen and oxygen atoms in total. The number of esters is 1. The third-order valence-corrected chi connectivity index (χ3v) is 3.90. The molecule has 1 heterocycles. The highest BCUT2D eigenvalue weighted by atomic mass is 16.5. The van der Waals surface area contributed by atoms with Crippen LogP contribution in [0.4, 0.5) is 5.69 Å². The average molecular weight is 287 g/mol. The van der Waals surface area contributed by atoms with Crippen molar-refractivity contribution in [2.75, 3.05) is 18.6 Å². The van der Waals surface area contributed by atoms with Crippen LogP contribution in [0.1, 0.15) is 32.8 Å². The van der Waals surface area contributed by atoms with Gasteiger partial charge in [0.05, 0.1) is 0 Å². The molecule has 0 atom stereocenters. The number of para-hydroxylation sites is 1. The minimum Gasteiger partial charge on any atom is -0.457 e. The quantitative estimate of drug-likeness (QED) is 0.631. The van der Waals surface area contributed by atoms with E-state index in [4.69, 9.17) is 4.74 Å². The number of hydrogen-bond donors (Lipinski definition) is 0. The van der Waals surface area contributed by atoms with Crippen molar-refractivity contribution in [2.45, 2.75) is 32.6 Å². The first kappa shape index (κ1) is 15.3. The highest BCUT2D eigenvalue weighted by Gasteiger charge is 2.38. The van der Waals surface area contributed by atoms with E-state index in [1.807, 2.05) is 30.1 Å². The van der Waals surface area contributed by atoms with Gasteiger partial charge in [-0.1, -0.05) is 39.0 Å². The summed E-state index contributed by atoms with van der Waals surface area (Å²) < 4.78 is 4.89. The molecule has 0 saturated carbocycles. The van der Waals surface area contributed by atoms with Crippen LogP contribution in [-0.4, -0.2) is 25.4 Å². The normalized spacial score (nSPS) is 17.7. The number of likely N-dealkylation sites (N-methyl/N-ethyl adjacent to an activating group) is 1. The number of benzene rings is 1. The van der Waals surface area contributed by atoms with Crippen molar-refractivity contribution < 1.29 is 14.3 Å². The summed E-state index contributed by atoms with van der Waals surface area (Å²) in [6.07, 6.45) is 1.86. The van der Waals surface area contributed by atoms with E-state index in [-0.39, 0.29) is 30.2 Å². The van der Waals surface area contributed by atoms with Crippen molar-refractivity contribution in [1.29, 1.82) is 0 Å². The average Bonchev–Trinajstić information content (AvgIpc) is 2.66. The molecular weight excluding hydrogens is 266 g/mol. The summed E-state index contributed by atoms with van der Waals surface area (Å²) in [5, 5.41) is 0. The lowest BCUT2D eigenvalue weighted by atomic mass is 9.83. The van der Waals surface area contributed by atoms with Crippen molar-refractivity contribution in [3.05, 3.63) is 41.6 Å². The van der Waals surface area contributed by atoms with Gasteiger partial charge < -0.3 is 9.64 Å². The van der Waals surface area contributed by atoms with E-state index < -0.39 is 0 Å². The maximum Gasteiger partial charge on any atom is 0.305 e. The molecular formula is C17H21NO3. The number of carbonyl (C=O) groups is 2. The second kappa shape index (κ2) is 5.72. The number of rotatable bonds is 4. The van der Waals surface area contributed by atoms with Crippen molar-refractivity contribution in [3.63, 3.8) is 0 Å². The van der Waals surface area contributed by atoms with Gasteiger partial charge in [-0.2, -0.15) is 0 Å². The lowest BCUT2D eigenvalue weighted by molar-refractivity contribution is -0.146. The number of hydrogen-bond acceptors (Lipinski definition) is 4. The van der Waals surface area contributed by atoms with Crippen molar-refractivity contribution >= 4 is 17.4 Å². The van der Waals surface area contributed by atoms with Crippen LogP contribution in [0.3, 0.4) is 0 Å².